The van der Waals surface area contributed by atoms with Gasteiger partial charge in [0.1, 0.15) is 11.4 Å². The van der Waals surface area contributed by atoms with E-state index in [4.69, 9.17) is 4.74 Å². The lowest BCUT2D eigenvalue weighted by Crippen LogP contribution is -2.15. The number of para-hydroxylation sites is 1. The molecule has 0 aliphatic carbocycles. The van der Waals surface area contributed by atoms with E-state index >= 15 is 0 Å². The van der Waals surface area contributed by atoms with E-state index in [1.807, 2.05) is 30.3 Å². The van der Waals surface area contributed by atoms with Gasteiger partial charge < -0.3 is 10.1 Å². The number of benzene rings is 2. The third-order valence-electron chi connectivity index (χ3n) is 4.24. The Hall–Kier alpha value is -3.68. The van der Waals surface area contributed by atoms with Gasteiger partial charge in [-0.05, 0) is 45.0 Å². The molecule has 0 fully saturated rings. The molecule has 8 nitrogen and oxygen atoms in total. The van der Waals surface area contributed by atoms with Gasteiger partial charge in [-0.2, -0.15) is 5.10 Å². The number of amides is 1. The number of nitro benzene ring substituents is 1. The van der Waals surface area contributed by atoms with Crippen LogP contribution in [0.4, 0.5) is 11.4 Å². The second-order valence-electron chi connectivity index (χ2n) is 6.12. The third-order valence-corrected chi connectivity index (χ3v) is 4.24. The molecule has 1 heterocycles. The predicted molar refractivity (Wildman–Crippen MR) is 105 cm³/mol. The van der Waals surface area contributed by atoms with Crippen LogP contribution >= 0.6 is 0 Å². The van der Waals surface area contributed by atoms with Crippen LogP contribution in [0.25, 0.3) is 5.69 Å². The quantitative estimate of drug-likeness (QED) is 0.514. The number of carbonyl (C=O) groups is 1. The molecule has 28 heavy (non-hydrogen) atoms. The minimum absolute atomic E-state index is 0.102. The van der Waals surface area contributed by atoms with Crippen molar-refractivity contribution in [1.29, 1.82) is 0 Å². The molecule has 0 bridgehead atoms. The highest BCUT2D eigenvalue weighted by atomic mass is 16.6. The molecule has 1 amide bonds. The first-order valence-corrected chi connectivity index (χ1v) is 8.76. The van der Waals surface area contributed by atoms with Gasteiger partial charge in [-0.3, -0.25) is 14.9 Å². The number of nitrogens with zero attached hydrogens (tertiary/aromatic N) is 3. The van der Waals surface area contributed by atoms with Crippen LogP contribution in [0.15, 0.2) is 48.5 Å². The summed E-state index contributed by atoms with van der Waals surface area (Å²) in [6.45, 7) is 5.69. The summed E-state index contributed by atoms with van der Waals surface area (Å²) in [6, 6.07) is 13.8. The molecular formula is C20H20N4O4. The molecule has 1 N–H and O–H groups in total. The monoisotopic (exact) mass is 380 g/mol. The van der Waals surface area contributed by atoms with Crippen LogP contribution in [0.1, 0.15) is 28.7 Å². The van der Waals surface area contributed by atoms with Crippen LogP contribution in [0.2, 0.25) is 0 Å². The maximum absolute atomic E-state index is 12.9. The zero-order chi connectivity index (χ0) is 20.3. The maximum Gasteiger partial charge on any atom is 0.296 e. The Kier molecular flexibility index (Phi) is 5.39. The molecule has 8 heteroatoms. The SMILES string of the molecule is CCOc1ccc(NC(=O)c2c(C)nn(-c3ccccc3)c2C)c([N+](=O)[O-])c1. The van der Waals surface area contributed by atoms with Crippen molar-refractivity contribution in [2.45, 2.75) is 20.8 Å². The average molecular weight is 380 g/mol. The Morgan fingerprint density at radius 3 is 2.57 bits per heavy atom. The largest absolute Gasteiger partial charge is 0.494 e. The van der Waals surface area contributed by atoms with Gasteiger partial charge in [0.05, 0.1) is 40.2 Å². The number of ether oxygens (including phenoxy) is 1. The average Bonchev–Trinajstić information content (AvgIpc) is 2.98. The maximum atomic E-state index is 12.9. The molecule has 0 radical (unpaired) electrons. The molecule has 1 aromatic heterocycles. The minimum atomic E-state index is -0.550. The van der Waals surface area contributed by atoms with Crippen molar-refractivity contribution in [3.05, 3.63) is 75.6 Å². The van der Waals surface area contributed by atoms with Crippen molar-refractivity contribution in [2.75, 3.05) is 11.9 Å². The van der Waals surface area contributed by atoms with Crippen LogP contribution < -0.4 is 10.1 Å². The van der Waals surface area contributed by atoms with Crippen LogP contribution in [0, 0.1) is 24.0 Å². The highest BCUT2D eigenvalue weighted by Gasteiger charge is 2.23. The third kappa shape index (κ3) is 3.71. The normalized spacial score (nSPS) is 10.5. The van der Waals surface area contributed by atoms with Crippen molar-refractivity contribution < 1.29 is 14.5 Å². The smallest absolute Gasteiger partial charge is 0.296 e. The van der Waals surface area contributed by atoms with Gasteiger partial charge in [0.25, 0.3) is 11.6 Å². The number of nitrogens with one attached hydrogen (secondary N) is 1. The van der Waals surface area contributed by atoms with Gasteiger partial charge >= 0.3 is 0 Å². The van der Waals surface area contributed by atoms with E-state index in [0.717, 1.165) is 5.69 Å². The minimum Gasteiger partial charge on any atom is -0.494 e. The molecule has 3 aromatic rings. The number of hydrogen-bond acceptors (Lipinski definition) is 5. The highest BCUT2D eigenvalue weighted by molar-refractivity contribution is 6.07. The zero-order valence-electron chi connectivity index (χ0n) is 15.8. The van der Waals surface area contributed by atoms with Crippen molar-refractivity contribution >= 4 is 17.3 Å². The molecular weight excluding hydrogens is 360 g/mol. The van der Waals surface area contributed by atoms with Gasteiger partial charge in [0.2, 0.25) is 0 Å². The Morgan fingerprint density at radius 1 is 1.21 bits per heavy atom. The number of anilines is 1. The summed E-state index contributed by atoms with van der Waals surface area (Å²) in [6.07, 6.45) is 0. The van der Waals surface area contributed by atoms with Crippen molar-refractivity contribution in [1.82, 2.24) is 9.78 Å². The lowest BCUT2D eigenvalue weighted by molar-refractivity contribution is -0.384. The van der Waals surface area contributed by atoms with Crippen molar-refractivity contribution in [3.63, 3.8) is 0 Å². The van der Waals surface area contributed by atoms with E-state index in [0.29, 0.717) is 29.3 Å². The Morgan fingerprint density at radius 2 is 1.93 bits per heavy atom. The second-order valence-corrected chi connectivity index (χ2v) is 6.12. The molecule has 0 aliphatic rings. The fourth-order valence-electron chi connectivity index (χ4n) is 3.00. The first kappa shape index (κ1) is 19.1. The van der Waals surface area contributed by atoms with Crippen LogP contribution in [-0.4, -0.2) is 27.2 Å². The fraction of sp³-hybridized carbons (Fsp3) is 0.200. The molecule has 2 aromatic carbocycles. The first-order valence-electron chi connectivity index (χ1n) is 8.76. The number of rotatable bonds is 6. The number of hydrogen-bond donors (Lipinski definition) is 1. The van der Waals surface area contributed by atoms with Gasteiger partial charge in [-0.15, -0.1) is 0 Å². The number of aryl methyl sites for hydroxylation is 1. The van der Waals surface area contributed by atoms with Gasteiger partial charge in [-0.25, -0.2) is 4.68 Å². The van der Waals surface area contributed by atoms with Crippen molar-refractivity contribution in [3.8, 4) is 11.4 Å². The van der Waals surface area contributed by atoms with E-state index in [-0.39, 0.29) is 11.4 Å². The molecule has 0 saturated carbocycles. The topological polar surface area (TPSA) is 99.3 Å². The van der Waals surface area contributed by atoms with Crippen molar-refractivity contribution in [2.24, 2.45) is 0 Å². The summed E-state index contributed by atoms with van der Waals surface area (Å²) in [5, 5.41) is 18.5. The Bertz CT molecular complexity index is 1030. The number of carbonyl (C=O) groups excluding carboxylic acids is 1. The molecule has 144 valence electrons. The Labute approximate surface area is 161 Å². The molecule has 0 saturated heterocycles. The van der Waals surface area contributed by atoms with E-state index in [1.54, 1.807) is 31.5 Å². The van der Waals surface area contributed by atoms with Crippen LogP contribution in [0.5, 0.6) is 5.75 Å². The molecule has 0 unspecified atom stereocenters. The molecule has 0 atom stereocenters. The summed E-state index contributed by atoms with van der Waals surface area (Å²) in [5.74, 6) is -0.0825. The summed E-state index contributed by atoms with van der Waals surface area (Å²) >= 11 is 0. The van der Waals surface area contributed by atoms with Crippen LogP contribution in [-0.2, 0) is 0 Å². The van der Waals surface area contributed by atoms with E-state index in [9.17, 15) is 14.9 Å². The first-order chi connectivity index (χ1) is 13.4. The summed E-state index contributed by atoms with van der Waals surface area (Å²) in [7, 11) is 0. The van der Waals surface area contributed by atoms with E-state index < -0.39 is 10.8 Å². The molecule has 0 spiro atoms. The highest BCUT2D eigenvalue weighted by Crippen LogP contribution is 2.30. The predicted octanol–water partition coefficient (Wildman–Crippen LogP) is 4.05. The van der Waals surface area contributed by atoms with Gasteiger partial charge in [-0.1, -0.05) is 18.2 Å². The lowest BCUT2D eigenvalue weighted by atomic mass is 10.1. The summed E-state index contributed by atoms with van der Waals surface area (Å²) in [4.78, 5) is 23.7. The molecule has 3 rings (SSSR count). The summed E-state index contributed by atoms with van der Waals surface area (Å²) in [5.41, 5.74) is 2.26. The second kappa shape index (κ2) is 7.91. The number of nitro groups is 1. The lowest BCUT2D eigenvalue weighted by Gasteiger charge is -2.09. The molecule has 0 aliphatic heterocycles. The van der Waals surface area contributed by atoms with E-state index in [1.165, 1.54) is 12.1 Å². The van der Waals surface area contributed by atoms with E-state index in [2.05, 4.69) is 10.4 Å². The number of aromatic nitrogens is 2. The standard InChI is InChI=1S/C20H20N4O4/c1-4-28-16-10-11-17(18(12-16)24(26)27)21-20(25)19-13(2)22-23(14(19)3)15-8-6-5-7-9-15/h5-12H,4H2,1-3H3,(H,21,25). The van der Waals surface area contributed by atoms with Gasteiger partial charge in [0.15, 0.2) is 0 Å². The van der Waals surface area contributed by atoms with Gasteiger partial charge in [0, 0.05) is 0 Å². The summed E-state index contributed by atoms with van der Waals surface area (Å²) < 4.78 is 6.98. The fourth-order valence-corrected chi connectivity index (χ4v) is 3.00. The Balaban J connectivity index is 1.94. The zero-order valence-corrected chi connectivity index (χ0v) is 15.8. The van der Waals surface area contributed by atoms with Crippen LogP contribution in [0.3, 0.4) is 0 Å².